The van der Waals surface area contributed by atoms with E-state index in [-0.39, 0.29) is 17.1 Å². The van der Waals surface area contributed by atoms with E-state index in [1.165, 1.54) is 18.9 Å². The minimum Gasteiger partial charge on any atom is -0.350 e. The molecule has 2 aromatic rings. The first-order valence-corrected chi connectivity index (χ1v) is 8.03. The van der Waals surface area contributed by atoms with Gasteiger partial charge in [-0.05, 0) is 31.4 Å². The molecule has 4 nitrogen and oxygen atoms in total. The Balaban J connectivity index is 1.72. The third-order valence-corrected chi connectivity index (χ3v) is 4.93. The van der Waals surface area contributed by atoms with Crippen molar-refractivity contribution in [2.24, 2.45) is 7.05 Å². The van der Waals surface area contributed by atoms with Gasteiger partial charge < -0.3 is 9.88 Å². The lowest BCUT2D eigenvalue weighted by Gasteiger charge is -2.42. The molecule has 0 spiro atoms. The summed E-state index contributed by atoms with van der Waals surface area (Å²) in [6.45, 7) is 2.15. The van der Waals surface area contributed by atoms with E-state index in [9.17, 15) is 9.59 Å². The molecule has 1 N–H and O–H groups in total. The van der Waals surface area contributed by atoms with Crippen LogP contribution in [0.2, 0.25) is 0 Å². The van der Waals surface area contributed by atoms with Crippen LogP contribution in [0, 0.1) is 0 Å². The Morgan fingerprint density at radius 1 is 1.22 bits per heavy atom. The smallest absolute Gasteiger partial charge is 0.267 e. The highest BCUT2D eigenvalue weighted by Crippen LogP contribution is 2.43. The molecule has 1 aromatic carbocycles. The quantitative estimate of drug-likeness (QED) is 0.863. The summed E-state index contributed by atoms with van der Waals surface area (Å²) < 4.78 is 1.71. The van der Waals surface area contributed by atoms with Gasteiger partial charge in [-0.2, -0.15) is 0 Å². The molecule has 1 saturated carbocycles. The van der Waals surface area contributed by atoms with Gasteiger partial charge >= 0.3 is 0 Å². The van der Waals surface area contributed by atoms with Crippen LogP contribution in [0.1, 0.15) is 52.6 Å². The fourth-order valence-electron chi connectivity index (χ4n) is 3.29. The van der Waals surface area contributed by atoms with Crippen LogP contribution in [-0.2, 0) is 12.5 Å². The molecule has 0 aliphatic heterocycles. The zero-order chi connectivity index (χ0) is 16.4. The van der Waals surface area contributed by atoms with E-state index in [1.807, 2.05) is 18.2 Å². The molecule has 1 heterocycles. The number of amides is 1. The van der Waals surface area contributed by atoms with E-state index in [0.717, 1.165) is 12.8 Å². The summed E-state index contributed by atoms with van der Waals surface area (Å²) in [5.41, 5.74) is 2.45. The number of carbonyl (C=O) groups excluding carboxylic acids is 2. The lowest BCUT2D eigenvalue weighted by atomic mass is 9.64. The van der Waals surface area contributed by atoms with Gasteiger partial charge in [-0.15, -0.1) is 0 Å². The average molecular weight is 310 g/mol. The maximum atomic E-state index is 12.5. The lowest BCUT2D eigenvalue weighted by Crippen LogP contribution is -2.45. The number of nitrogens with one attached hydrogen (secondary N) is 1. The number of ketones is 1. The number of benzene rings is 1. The summed E-state index contributed by atoms with van der Waals surface area (Å²) in [6, 6.07) is 12.1. The fourth-order valence-corrected chi connectivity index (χ4v) is 3.29. The minimum atomic E-state index is -0.123. The van der Waals surface area contributed by atoms with Crippen molar-refractivity contribution in [1.29, 1.82) is 0 Å². The minimum absolute atomic E-state index is 0.0283. The second kappa shape index (κ2) is 6.03. The average Bonchev–Trinajstić information content (AvgIpc) is 2.89. The third kappa shape index (κ3) is 2.93. The maximum Gasteiger partial charge on any atom is 0.267 e. The van der Waals surface area contributed by atoms with Crippen molar-refractivity contribution in [3.63, 3.8) is 0 Å². The van der Waals surface area contributed by atoms with Crippen molar-refractivity contribution in [1.82, 2.24) is 9.88 Å². The topological polar surface area (TPSA) is 51.1 Å². The molecule has 1 amide bonds. The molecular weight excluding hydrogens is 288 g/mol. The van der Waals surface area contributed by atoms with Gasteiger partial charge in [0.15, 0.2) is 5.78 Å². The van der Waals surface area contributed by atoms with Crippen LogP contribution >= 0.6 is 0 Å². The summed E-state index contributed by atoms with van der Waals surface area (Å²) in [5, 5.41) is 3.06. The van der Waals surface area contributed by atoms with Crippen LogP contribution in [0.25, 0.3) is 0 Å². The number of Topliss-reactive ketones (excluding diaryl/α,β-unsaturated/α-hetero) is 1. The summed E-state index contributed by atoms with van der Waals surface area (Å²) >= 11 is 0. The van der Waals surface area contributed by atoms with Crippen LogP contribution in [0.15, 0.2) is 42.6 Å². The molecule has 1 fully saturated rings. The molecule has 0 radical (unpaired) electrons. The molecule has 0 unspecified atom stereocenters. The molecule has 23 heavy (non-hydrogen) atoms. The first-order chi connectivity index (χ1) is 11.0. The Hall–Kier alpha value is -2.36. The monoisotopic (exact) mass is 310 g/mol. The van der Waals surface area contributed by atoms with Gasteiger partial charge in [-0.1, -0.05) is 36.8 Å². The SMILES string of the molecule is CC(=O)c1cc(C(=O)NCC2(c3ccccc3)CCC2)n(C)c1. The molecule has 0 bridgehead atoms. The number of carbonyl (C=O) groups is 2. The number of hydrogen-bond donors (Lipinski definition) is 1. The van der Waals surface area contributed by atoms with Gasteiger partial charge in [-0.3, -0.25) is 9.59 Å². The van der Waals surface area contributed by atoms with Gasteiger partial charge in [0.25, 0.3) is 5.91 Å². The Bertz CT molecular complexity index is 727. The van der Waals surface area contributed by atoms with Crippen molar-refractivity contribution < 1.29 is 9.59 Å². The Morgan fingerprint density at radius 3 is 2.43 bits per heavy atom. The van der Waals surface area contributed by atoms with Crippen molar-refractivity contribution in [2.45, 2.75) is 31.6 Å². The zero-order valence-electron chi connectivity index (χ0n) is 13.6. The van der Waals surface area contributed by atoms with Gasteiger partial charge in [0.2, 0.25) is 0 Å². The van der Waals surface area contributed by atoms with Gasteiger partial charge in [-0.25, -0.2) is 0 Å². The maximum absolute atomic E-state index is 12.5. The Labute approximate surface area is 136 Å². The number of rotatable bonds is 5. The van der Waals surface area contributed by atoms with E-state index in [2.05, 4.69) is 17.4 Å². The van der Waals surface area contributed by atoms with E-state index in [1.54, 1.807) is 23.9 Å². The zero-order valence-corrected chi connectivity index (χ0v) is 13.6. The molecule has 4 heteroatoms. The Morgan fingerprint density at radius 2 is 1.91 bits per heavy atom. The Kier molecular flexibility index (Phi) is 4.07. The van der Waals surface area contributed by atoms with Crippen LogP contribution < -0.4 is 5.32 Å². The molecular formula is C19H22N2O2. The molecule has 3 rings (SSSR count). The van der Waals surface area contributed by atoms with Crippen LogP contribution in [0.5, 0.6) is 0 Å². The van der Waals surface area contributed by atoms with E-state index < -0.39 is 0 Å². The predicted molar refractivity (Wildman–Crippen MR) is 89.7 cm³/mol. The standard InChI is InChI=1S/C19H22N2O2/c1-14(22)15-11-17(21(2)12-15)18(23)20-13-19(9-6-10-19)16-7-4-3-5-8-16/h3-5,7-8,11-12H,6,9-10,13H2,1-2H3,(H,20,23). The highest BCUT2D eigenvalue weighted by Gasteiger charge is 2.38. The normalized spacial score (nSPS) is 15.7. The van der Waals surface area contributed by atoms with Gasteiger partial charge in [0.1, 0.15) is 5.69 Å². The summed E-state index contributed by atoms with van der Waals surface area (Å²) in [4.78, 5) is 23.9. The highest BCUT2D eigenvalue weighted by atomic mass is 16.2. The molecule has 0 atom stereocenters. The molecule has 1 aliphatic rings. The highest BCUT2D eigenvalue weighted by molar-refractivity contribution is 5.99. The molecule has 1 aromatic heterocycles. The van der Waals surface area contributed by atoms with Gasteiger partial charge in [0, 0.05) is 30.8 Å². The first-order valence-electron chi connectivity index (χ1n) is 8.03. The van der Waals surface area contributed by atoms with Crippen molar-refractivity contribution in [2.75, 3.05) is 6.54 Å². The van der Waals surface area contributed by atoms with Crippen LogP contribution in [0.3, 0.4) is 0 Å². The summed E-state index contributed by atoms with van der Waals surface area (Å²) in [6.07, 6.45) is 5.10. The number of aryl methyl sites for hydroxylation is 1. The second-order valence-corrected chi connectivity index (χ2v) is 6.46. The number of nitrogens with zero attached hydrogens (tertiary/aromatic N) is 1. The van der Waals surface area contributed by atoms with Crippen molar-refractivity contribution in [3.8, 4) is 0 Å². The largest absolute Gasteiger partial charge is 0.350 e. The van der Waals surface area contributed by atoms with Crippen molar-refractivity contribution >= 4 is 11.7 Å². The van der Waals surface area contributed by atoms with E-state index in [0.29, 0.717) is 17.8 Å². The van der Waals surface area contributed by atoms with E-state index >= 15 is 0 Å². The molecule has 120 valence electrons. The third-order valence-electron chi connectivity index (χ3n) is 4.93. The summed E-state index contributed by atoms with van der Waals surface area (Å²) in [5.74, 6) is -0.151. The van der Waals surface area contributed by atoms with E-state index in [4.69, 9.17) is 0 Å². The fraction of sp³-hybridized carbons (Fsp3) is 0.368. The molecule has 1 aliphatic carbocycles. The first kappa shape index (κ1) is 15.5. The molecule has 0 saturated heterocycles. The predicted octanol–water partition coefficient (Wildman–Crippen LogP) is 3.08. The van der Waals surface area contributed by atoms with Crippen molar-refractivity contribution in [3.05, 3.63) is 59.4 Å². The number of hydrogen-bond acceptors (Lipinski definition) is 2. The lowest BCUT2D eigenvalue weighted by molar-refractivity contribution is 0.0919. The van der Waals surface area contributed by atoms with Crippen LogP contribution in [0.4, 0.5) is 0 Å². The number of aromatic nitrogens is 1. The van der Waals surface area contributed by atoms with Crippen LogP contribution in [-0.4, -0.2) is 22.8 Å². The van der Waals surface area contributed by atoms with Gasteiger partial charge in [0.05, 0.1) is 0 Å². The second-order valence-electron chi connectivity index (χ2n) is 6.46. The summed E-state index contributed by atoms with van der Waals surface area (Å²) in [7, 11) is 1.79.